The van der Waals surface area contributed by atoms with Crippen molar-refractivity contribution in [3.8, 4) is 0 Å². The summed E-state index contributed by atoms with van der Waals surface area (Å²) in [6, 6.07) is 0. The molecule has 0 saturated heterocycles. The first-order valence-electron chi connectivity index (χ1n) is 16.7. The number of carbonyl (C=O) groups is 1. The third kappa shape index (κ3) is 21.5. The molecule has 0 amide bonds. The summed E-state index contributed by atoms with van der Waals surface area (Å²) >= 11 is 0. The van der Waals surface area contributed by atoms with Crippen LogP contribution < -0.4 is 0 Å². The molecule has 0 aliphatic carbocycles. The third-order valence-electron chi connectivity index (χ3n) is 8.52. The van der Waals surface area contributed by atoms with Crippen molar-refractivity contribution in [1.82, 2.24) is 0 Å². The second-order valence-electron chi connectivity index (χ2n) is 12.3. The van der Waals surface area contributed by atoms with Gasteiger partial charge in [-0.25, -0.2) is 0 Å². The van der Waals surface area contributed by atoms with Gasteiger partial charge in [-0.2, -0.15) is 0 Å². The highest BCUT2D eigenvalue weighted by Gasteiger charge is 2.34. The Labute approximate surface area is 228 Å². The molecule has 1 N–H and O–H groups in total. The van der Waals surface area contributed by atoms with E-state index in [0.29, 0.717) is 5.92 Å². The van der Waals surface area contributed by atoms with Crippen LogP contribution in [0.3, 0.4) is 0 Å². The maximum atomic E-state index is 12.3. The molecule has 0 fully saturated rings. The highest BCUT2D eigenvalue weighted by atomic mass is 16.4. The van der Waals surface area contributed by atoms with Crippen LogP contribution in [0.5, 0.6) is 0 Å². The molecule has 0 heterocycles. The molecule has 2 heteroatoms. The Morgan fingerprint density at radius 3 is 1.19 bits per heavy atom. The van der Waals surface area contributed by atoms with Crippen LogP contribution in [0.2, 0.25) is 0 Å². The van der Waals surface area contributed by atoms with Crippen molar-refractivity contribution in [2.45, 2.75) is 201 Å². The molecule has 0 spiro atoms. The second kappa shape index (κ2) is 26.1. The lowest BCUT2D eigenvalue weighted by molar-refractivity contribution is -0.149. The van der Waals surface area contributed by atoms with Crippen LogP contribution >= 0.6 is 0 Å². The summed E-state index contributed by atoms with van der Waals surface area (Å²) in [6.45, 7) is 8.87. The van der Waals surface area contributed by atoms with E-state index >= 15 is 0 Å². The molecule has 0 aliphatic rings. The Morgan fingerprint density at radius 1 is 0.528 bits per heavy atom. The van der Waals surface area contributed by atoms with E-state index < -0.39 is 11.4 Å². The molecule has 0 saturated carbocycles. The van der Waals surface area contributed by atoms with Gasteiger partial charge in [0.2, 0.25) is 0 Å². The van der Waals surface area contributed by atoms with Crippen molar-refractivity contribution in [3.63, 3.8) is 0 Å². The molecule has 2 atom stereocenters. The van der Waals surface area contributed by atoms with E-state index in [1.165, 1.54) is 154 Å². The van der Waals surface area contributed by atoms with Gasteiger partial charge >= 0.3 is 5.97 Å². The summed E-state index contributed by atoms with van der Waals surface area (Å²) in [5.74, 6) is 0.0398. The first kappa shape index (κ1) is 35.5. The molecule has 0 bridgehead atoms. The number of unbranched alkanes of at least 4 members (excludes halogenated alkanes) is 20. The summed E-state index contributed by atoms with van der Waals surface area (Å²) < 4.78 is 0. The fraction of sp³-hybridized carbons (Fsp3) is 0.971. The maximum Gasteiger partial charge on any atom is 0.309 e. The largest absolute Gasteiger partial charge is 0.481 e. The van der Waals surface area contributed by atoms with Gasteiger partial charge in [-0.05, 0) is 25.7 Å². The Hall–Kier alpha value is -0.530. The van der Waals surface area contributed by atoms with Gasteiger partial charge in [0.05, 0.1) is 5.41 Å². The maximum absolute atomic E-state index is 12.3. The zero-order chi connectivity index (χ0) is 26.7. The van der Waals surface area contributed by atoms with Crippen LogP contribution in [0.15, 0.2) is 0 Å². The van der Waals surface area contributed by atoms with Crippen molar-refractivity contribution in [1.29, 1.82) is 0 Å². The third-order valence-corrected chi connectivity index (χ3v) is 8.52. The monoisotopic (exact) mass is 509 g/mol. The minimum absolute atomic E-state index is 0.532. The first-order valence-corrected chi connectivity index (χ1v) is 16.7. The van der Waals surface area contributed by atoms with Gasteiger partial charge in [0.15, 0.2) is 0 Å². The second-order valence-corrected chi connectivity index (χ2v) is 12.3. The summed E-state index contributed by atoms with van der Waals surface area (Å²) in [4.78, 5) is 12.3. The highest BCUT2D eigenvalue weighted by molar-refractivity contribution is 5.74. The van der Waals surface area contributed by atoms with Crippen LogP contribution in [0.4, 0.5) is 0 Å². The predicted octanol–water partition coefficient (Wildman–Crippen LogP) is 12.3. The molecular formula is C34H68O2. The Morgan fingerprint density at radius 2 is 0.833 bits per heavy atom. The topological polar surface area (TPSA) is 37.3 Å². The van der Waals surface area contributed by atoms with Gasteiger partial charge in [-0.1, -0.05) is 181 Å². The van der Waals surface area contributed by atoms with E-state index in [0.717, 1.165) is 19.3 Å². The number of carboxylic acid groups (broad SMARTS) is 1. The van der Waals surface area contributed by atoms with Gasteiger partial charge in [0.25, 0.3) is 0 Å². The SMILES string of the molecule is CCCCCCCCCCCCCCCCC(C)(CC(CCCCCC)CCCCCCC)C(=O)O. The predicted molar refractivity (Wildman–Crippen MR) is 161 cm³/mol. The van der Waals surface area contributed by atoms with Crippen LogP contribution in [0, 0.1) is 11.3 Å². The number of aliphatic carboxylic acids is 1. The Balaban J connectivity index is 4.17. The lowest BCUT2D eigenvalue weighted by Crippen LogP contribution is -2.30. The zero-order valence-electron chi connectivity index (χ0n) is 25.5. The van der Waals surface area contributed by atoms with E-state index in [1.54, 1.807) is 0 Å². The van der Waals surface area contributed by atoms with Crippen molar-refractivity contribution in [2.24, 2.45) is 11.3 Å². The van der Waals surface area contributed by atoms with Crippen LogP contribution in [-0.4, -0.2) is 11.1 Å². The van der Waals surface area contributed by atoms with Gasteiger partial charge in [0.1, 0.15) is 0 Å². The van der Waals surface area contributed by atoms with E-state index in [2.05, 4.69) is 20.8 Å². The van der Waals surface area contributed by atoms with E-state index in [-0.39, 0.29) is 0 Å². The summed E-state index contributed by atoms with van der Waals surface area (Å²) in [5, 5.41) is 10.1. The van der Waals surface area contributed by atoms with Crippen LogP contribution in [0.25, 0.3) is 0 Å². The standard InChI is InChI=1S/C34H68O2/c1-5-8-11-14-15-16-17-18-19-20-21-22-24-27-30-34(4,33(35)36)31-32(28-25-13-10-7-3)29-26-23-12-9-6-2/h32H,5-31H2,1-4H3,(H,35,36). The van der Waals surface area contributed by atoms with Crippen molar-refractivity contribution < 1.29 is 9.90 Å². The molecule has 216 valence electrons. The fourth-order valence-corrected chi connectivity index (χ4v) is 5.89. The minimum Gasteiger partial charge on any atom is -0.481 e. The van der Waals surface area contributed by atoms with Crippen molar-refractivity contribution in [3.05, 3.63) is 0 Å². The number of carboxylic acids is 1. The van der Waals surface area contributed by atoms with Crippen molar-refractivity contribution >= 4 is 5.97 Å². The molecule has 0 rings (SSSR count). The normalized spacial score (nSPS) is 14.1. The smallest absolute Gasteiger partial charge is 0.309 e. The first-order chi connectivity index (χ1) is 17.5. The molecule has 0 aliphatic heterocycles. The van der Waals surface area contributed by atoms with Crippen LogP contribution in [0.1, 0.15) is 201 Å². The number of rotatable bonds is 29. The molecule has 2 unspecified atom stereocenters. The molecule has 0 radical (unpaired) electrons. The quantitative estimate of drug-likeness (QED) is 0.102. The lowest BCUT2D eigenvalue weighted by atomic mass is 9.74. The van der Waals surface area contributed by atoms with E-state index in [4.69, 9.17) is 0 Å². The zero-order valence-corrected chi connectivity index (χ0v) is 25.5. The van der Waals surface area contributed by atoms with Crippen molar-refractivity contribution in [2.75, 3.05) is 0 Å². The molecule has 0 aromatic heterocycles. The van der Waals surface area contributed by atoms with E-state index in [1.807, 2.05) is 6.92 Å². The number of hydrogen-bond donors (Lipinski definition) is 1. The lowest BCUT2D eigenvalue weighted by Gasteiger charge is -2.30. The summed E-state index contributed by atoms with van der Waals surface area (Å²) in [6.07, 6.45) is 34.9. The molecule has 0 aromatic rings. The molecular weight excluding hydrogens is 440 g/mol. The highest BCUT2D eigenvalue weighted by Crippen LogP contribution is 2.37. The van der Waals surface area contributed by atoms with E-state index in [9.17, 15) is 9.90 Å². The summed E-state index contributed by atoms with van der Waals surface area (Å²) in [5.41, 5.74) is -0.532. The number of hydrogen-bond acceptors (Lipinski definition) is 1. The van der Waals surface area contributed by atoms with Gasteiger partial charge < -0.3 is 5.11 Å². The van der Waals surface area contributed by atoms with Crippen LogP contribution in [-0.2, 0) is 4.79 Å². The Kier molecular flexibility index (Phi) is 25.7. The van der Waals surface area contributed by atoms with Gasteiger partial charge in [-0.15, -0.1) is 0 Å². The summed E-state index contributed by atoms with van der Waals surface area (Å²) in [7, 11) is 0. The molecule has 0 aromatic carbocycles. The van der Waals surface area contributed by atoms with Gasteiger partial charge in [-0.3, -0.25) is 4.79 Å². The molecule has 2 nitrogen and oxygen atoms in total. The van der Waals surface area contributed by atoms with Gasteiger partial charge in [0, 0.05) is 0 Å². The average Bonchev–Trinajstić information content (AvgIpc) is 2.86. The fourth-order valence-electron chi connectivity index (χ4n) is 5.89. The molecule has 36 heavy (non-hydrogen) atoms. The Bertz CT molecular complexity index is 460. The average molecular weight is 509 g/mol. The minimum atomic E-state index is -0.554.